The molecular weight excluding hydrogens is 516 g/mol. The van der Waals surface area contributed by atoms with Crippen LogP contribution in [0.2, 0.25) is 0 Å². The molecule has 1 aromatic heterocycles. The molecule has 1 aliphatic heterocycles. The molecule has 11 nitrogen and oxygen atoms in total. The van der Waals surface area contributed by atoms with E-state index >= 15 is 0 Å². The first-order chi connectivity index (χ1) is 14.8. The zero-order chi connectivity index (χ0) is 24.1. The number of hydrogen-bond donors (Lipinski definition) is 7. The van der Waals surface area contributed by atoms with Gasteiger partial charge < -0.3 is 45.3 Å². The predicted octanol–water partition coefficient (Wildman–Crippen LogP) is -0.777. The lowest BCUT2D eigenvalue weighted by atomic mass is 9.83. The van der Waals surface area contributed by atoms with Crippen molar-refractivity contribution in [1.29, 1.82) is 0 Å². The quantitative estimate of drug-likeness (QED) is 0.184. The highest BCUT2D eigenvalue weighted by molar-refractivity contribution is 9.10. The van der Waals surface area contributed by atoms with Crippen LogP contribution in [0.5, 0.6) is 0 Å². The van der Waals surface area contributed by atoms with Crippen molar-refractivity contribution in [3.05, 3.63) is 36.5 Å². The highest BCUT2D eigenvalue weighted by Crippen LogP contribution is 2.55. The fourth-order valence-corrected chi connectivity index (χ4v) is 5.16. The van der Waals surface area contributed by atoms with Gasteiger partial charge in [0.25, 0.3) is 5.79 Å². The van der Waals surface area contributed by atoms with Crippen molar-refractivity contribution < 1.29 is 45.0 Å². The number of carboxylic acids is 1. The number of halogens is 2. The van der Waals surface area contributed by atoms with Gasteiger partial charge in [0.2, 0.25) is 11.0 Å². The number of fused-ring (bicyclic) bond motifs is 1. The molecule has 0 saturated carbocycles. The largest absolute Gasteiger partial charge is 0.477 e. The molecule has 0 bridgehead atoms. The zero-order valence-corrected chi connectivity index (χ0v) is 18.9. The maximum absolute atomic E-state index is 12.2. The molecule has 32 heavy (non-hydrogen) atoms. The Bertz CT molecular complexity index is 1030. The smallest absolute Gasteiger partial charge is 0.366 e. The summed E-state index contributed by atoms with van der Waals surface area (Å²) >= 11 is 9.58. The molecule has 1 aliphatic rings. The fourth-order valence-electron chi connectivity index (χ4n) is 3.90. The first kappa shape index (κ1) is 24.9. The summed E-state index contributed by atoms with van der Waals surface area (Å²) in [7, 11) is 0. The van der Waals surface area contributed by atoms with E-state index in [0.717, 1.165) is 6.92 Å². The zero-order valence-electron chi connectivity index (χ0n) is 16.6. The number of para-hydroxylation sites is 1. The lowest BCUT2D eigenvalue weighted by molar-refractivity contribution is -0.325. The third kappa shape index (κ3) is 3.70. The molecule has 3 rings (SSSR count). The Morgan fingerprint density at radius 1 is 1.28 bits per heavy atom. The van der Waals surface area contributed by atoms with Gasteiger partial charge in [0.15, 0.2) is 4.45 Å². The topological polar surface area (TPSA) is 182 Å². The lowest BCUT2D eigenvalue weighted by Crippen LogP contribution is -2.79. The van der Waals surface area contributed by atoms with Crippen LogP contribution in [0.3, 0.4) is 0 Å². The number of carbonyl (C=O) groups is 2. The second-order valence-electron chi connectivity index (χ2n) is 7.53. The molecule has 2 heterocycles. The maximum Gasteiger partial charge on any atom is 0.366 e. The van der Waals surface area contributed by atoms with Crippen molar-refractivity contribution in [2.24, 2.45) is 0 Å². The Morgan fingerprint density at radius 3 is 2.47 bits per heavy atom. The van der Waals surface area contributed by atoms with E-state index in [9.17, 15) is 40.2 Å². The third-order valence-electron chi connectivity index (χ3n) is 5.41. The molecule has 7 N–H and O–H groups in total. The van der Waals surface area contributed by atoms with Gasteiger partial charge in [-0.15, -0.1) is 0 Å². The van der Waals surface area contributed by atoms with Crippen LogP contribution < -0.4 is 5.32 Å². The first-order valence-electron chi connectivity index (χ1n) is 9.36. The first-order valence-corrected chi connectivity index (χ1v) is 10.5. The Balaban J connectivity index is 2.29. The van der Waals surface area contributed by atoms with Crippen LogP contribution in [-0.2, 0) is 14.3 Å². The number of aliphatic hydroxyl groups is 5. The number of nitrogens with one attached hydrogen (secondary N) is 1. The van der Waals surface area contributed by atoms with E-state index in [-0.39, 0.29) is 0 Å². The minimum absolute atomic E-state index is 0.368. The van der Waals surface area contributed by atoms with E-state index in [2.05, 4.69) is 21.2 Å². The summed E-state index contributed by atoms with van der Waals surface area (Å²) in [4.78, 5) is 24.2. The number of aliphatic hydroxyl groups excluding tert-OH is 3. The summed E-state index contributed by atoms with van der Waals surface area (Å²) in [6, 6.07) is 6.21. The van der Waals surface area contributed by atoms with E-state index in [1.54, 1.807) is 30.3 Å². The number of benzene rings is 1. The highest BCUT2D eigenvalue weighted by atomic mass is 79.9. The number of carbonyl (C=O) groups excluding carboxylic acids is 1. The van der Waals surface area contributed by atoms with E-state index in [1.807, 2.05) is 0 Å². The van der Waals surface area contributed by atoms with E-state index in [1.165, 1.54) is 10.8 Å². The van der Waals surface area contributed by atoms with Crippen molar-refractivity contribution in [3.63, 3.8) is 0 Å². The number of rotatable bonds is 6. The average Bonchev–Trinajstić information content (AvgIpc) is 3.12. The van der Waals surface area contributed by atoms with Crippen LogP contribution in [0.25, 0.3) is 10.9 Å². The van der Waals surface area contributed by atoms with Crippen molar-refractivity contribution >= 4 is 50.3 Å². The molecule has 13 heteroatoms. The number of amides is 1. The number of aliphatic carboxylic acids is 1. The Labute approximate surface area is 194 Å². The number of nitrogens with zero attached hydrogens (tertiary/aromatic N) is 1. The number of aromatic nitrogens is 1. The Morgan fingerprint density at radius 2 is 1.91 bits per heavy atom. The SMILES string of the molecule is CC(=O)N[C@@]1(Br)[C@H]([C@H](O)[C@H](O)CO)O[C@](O)(C(=O)O)C(n2ccc3ccccc32)[C@@]1(O)Cl. The molecule has 2 aromatic rings. The third-order valence-corrected chi connectivity index (χ3v) is 7.39. The van der Waals surface area contributed by atoms with Crippen LogP contribution in [0, 0.1) is 0 Å². The number of carboxylic acid groups (broad SMARTS) is 1. The molecule has 1 amide bonds. The van der Waals surface area contributed by atoms with Crippen LogP contribution in [0.15, 0.2) is 36.5 Å². The van der Waals surface area contributed by atoms with E-state index in [0.29, 0.717) is 10.9 Å². The van der Waals surface area contributed by atoms with Crippen LogP contribution in [-0.4, -0.2) is 87.3 Å². The molecule has 0 aliphatic carbocycles. The van der Waals surface area contributed by atoms with Gasteiger partial charge in [-0.1, -0.05) is 45.7 Å². The van der Waals surface area contributed by atoms with Gasteiger partial charge in [0, 0.05) is 18.6 Å². The summed E-state index contributed by atoms with van der Waals surface area (Å²) in [5, 5.41) is 62.2. The normalized spacial score (nSPS) is 34.8. The minimum atomic E-state index is -3.26. The molecular formula is C19H22BrClN2O9. The molecule has 1 unspecified atom stereocenters. The summed E-state index contributed by atoms with van der Waals surface area (Å²) < 4.78 is 4.19. The highest BCUT2D eigenvalue weighted by Gasteiger charge is 2.74. The van der Waals surface area contributed by atoms with Crippen LogP contribution >= 0.6 is 27.5 Å². The second-order valence-corrected chi connectivity index (χ2v) is 9.36. The molecule has 7 atom stereocenters. The molecule has 0 radical (unpaired) electrons. The second kappa shape index (κ2) is 8.54. The Hall–Kier alpha value is -1.77. The maximum atomic E-state index is 12.2. The molecule has 0 spiro atoms. The van der Waals surface area contributed by atoms with Gasteiger partial charge in [-0.3, -0.25) is 4.79 Å². The van der Waals surface area contributed by atoms with Crippen molar-refractivity contribution in [2.75, 3.05) is 6.61 Å². The number of alkyl halides is 2. The van der Waals surface area contributed by atoms with Gasteiger partial charge >= 0.3 is 5.97 Å². The average molecular weight is 538 g/mol. The predicted molar refractivity (Wildman–Crippen MR) is 114 cm³/mol. The van der Waals surface area contributed by atoms with Crippen molar-refractivity contribution in [3.8, 4) is 0 Å². The molecule has 176 valence electrons. The van der Waals surface area contributed by atoms with Crippen LogP contribution in [0.4, 0.5) is 0 Å². The monoisotopic (exact) mass is 536 g/mol. The molecule has 1 saturated heterocycles. The van der Waals surface area contributed by atoms with Gasteiger partial charge in [0.1, 0.15) is 24.4 Å². The standard InChI is InChI=1S/C19H22BrClN2O9/c1-9(25)22-18(20)14(13(27)12(26)8-24)32-17(30,16(28)29)15(19(18,21)31)23-7-6-10-4-2-3-5-11(10)23/h2-7,12-15,24,26-27,30-31H,8H2,1H3,(H,22,25)(H,28,29)/t12-,13-,14+,15?,17+,18+,19+/m1/s1. The van der Waals surface area contributed by atoms with Gasteiger partial charge in [0.05, 0.1) is 6.61 Å². The summed E-state index contributed by atoms with van der Waals surface area (Å²) in [6.45, 7) is 0.0714. The van der Waals surface area contributed by atoms with E-state index in [4.69, 9.17) is 16.3 Å². The van der Waals surface area contributed by atoms with Crippen molar-refractivity contribution in [2.45, 2.75) is 46.6 Å². The van der Waals surface area contributed by atoms with Gasteiger partial charge in [-0.05, 0) is 17.5 Å². The van der Waals surface area contributed by atoms with Gasteiger partial charge in [-0.25, -0.2) is 4.79 Å². The number of ether oxygens (including phenoxy) is 1. The summed E-state index contributed by atoms with van der Waals surface area (Å²) in [6.07, 6.45) is -4.69. The van der Waals surface area contributed by atoms with E-state index < -0.39 is 58.1 Å². The summed E-state index contributed by atoms with van der Waals surface area (Å²) in [5.41, 5.74) is 0.368. The Kier molecular flexibility index (Phi) is 6.63. The lowest BCUT2D eigenvalue weighted by Gasteiger charge is -2.57. The fraction of sp³-hybridized carbons (Fsp3) is 0.474. The van der Waals surface area contributed by atoms with Gasteiger partial charge in [-0.2, -0.15) is 0 Å². The summed E-state index contributed by atoms with van der Waals surface area (Å²) in [5.74, 6) is -6.00. The molecule has 1 aromatic carbocycles. The minimum Gasteiger partial charge on any atom is -0.477 e. The number of hydrogen-bond acceptors (Lipinski definition) is 8. The van der Waals surface area contributed by atoms with Crippen molar-refractivity contribution in [1.82, 2.24) is 9.88 Å². The molecule has 1 fully saturated rings. The van der Waals surface area contributed by atoms with Crippen LogP contribution in [0.1, 0.15) is 13.0 Å².